The number of hydrogen-bond acceptors (Lipinski definition) is 6. The second kappa shape index (κ2) is 5.80. The first-order chi connectivity index (χ1) is 10.3. The smallest absolute Gasteiger partial charge is 0.338 e. The zero-order valence-corrected chi connectivity index (χ0v) is 13.4. The fourth-order valence-electron chi connectivity index (χ4n) is 2.05. The molecule has 1 aromatic carbocycles. The quantitative estimate of drug-likeness (QED) is 0.866. The average Bonchev–Trinajstić information content (AvgIpc) is 2.78. The number of carbonyl (C=O) groups excluding carboxylic acids is 1. The fourth-order valence-corrected chi connectivity index (χ4v) is 3.50. The molecule has 7 nitrogen and oxygen atoms in total. The molecule has 118 valence electrons. The molecule has 8 heteroatoms. The molecule has 2 rings (SSSR count). The Balaban J connectivity index is 2.49. The van der Waals surface area contributed by atoms with Gasteiger partial charge in [0.25, 0.3) is 10.0 Å². The van der Waals surface area contributed by atoms with Crippen LogP contribution in [0.5, 0.6) is 0 Å². The Morgan fingerprint density at radius 3 is 2.50 bits per heavy atom. The van der Waals surface area contributed by atoms with E-state index in [0.29, 0.717) is 22.7 Å². The highest BCUT2D eigenvalue weighted by Gasteiger charge is 2.23. The number of esters is 1. The minimum atomic E-state index is -3.88. The highest BCUT2D eigenvalue weighted by Crippen LogP contribution is 2.25. The van der Waals surface area contributed by atoms with Gasteiger partial charge in [-0.25, -0.2) is 13.2 Å². The summed E-state index contributed by atoms with van der Waals surface area (Å²) in [5.41, 5.74) is 1.24. The van der Waals surface area contributed by atoms with Crippen LogP contribution in [0.25, 0.3) is 0 Å². The van der Waals surface area contributed by atoms with E-state index in [1.54, 1.807) is 20.8 Å². The number of benzene rings is 1. The Hall–Kier alpha value is -2.35. The minimum Gasteiger partial charge on any atom is -0.465 e. The number of methoxy groups -OCH3 is 1. The highest BCUT2D eigenvalue weighted by atomic mass is 32.2. The zero-order valence-electron chi connectivity index (χ0n) is 12.6. The summed E-state index contributed by atoms with van der Waals surface area (Å²) in [6, 6.07) is 4.42. The minimum absolute atomic E-state index is 0.00426. The van der Waals surface area contributed by atoms with Crippen LogP contribution in [-0.4, -0.2) is 26.7 Å². The molecule has 0 saturated carbocycles. The van der Waals surface area contributed by atoms with Crippen LogP contribution in [0.15, 0.2) is 27.6 Å². The molecular weight excluding hydrogens is 308 g/mol. The molecule has 0 unspecified atom stereocenters. The molecule has 2 aromatic rings. The van der Waals surface area contributed by atoms with Crippen LogP contribution in [-0.2, 0) is 14.8 Å². The monoisotopic (exact) mass is 324 g/mol. The van der Waals surface area contributed by atoms with Gasteiger partial charge in [-0.2, -0.15) is 0 Å². The van der Waals surface area contributed by atoms with Crippen molar-refractivity contribution in [3.63, 3.8) is 0 Å². The summed E-state index contributed by atoms with van der Waals surface area (Å²) in [4.78, 5) is 11.7. The van der Waals surface area contributed by atoms with Crippen molar-refractivity contribution in [2.24, 2.45) is 0 Å². The molecule has 0 spiro atoms. The summed E-state index contributed by atoms with van der Waals surface area (Å²) in [6.07, 6.45) is 0. The Labute approximate surface area is 128 Å². The number of hydrogen-bond donors (Lipinski definition) is 1. The largest absolute Gasteiger partial charge is 0.465 e. The Kier molecular flexibility index (Phi) is 4.23. The van der Waals surface area contributed by atoms with Gasteiger partial charge in [0.05, 0.1) is 17.6 Å². The van der Waals surface area contributed by atoms with Gasteiger partial charge < -0.3 is 9.26 Å². The van der Waals surface area contributed by atoms with Gasteiger partial charge in [-0.1, -0.05) is 11.2 Å². The molecule has 0 fully saturated rings. The number of rotatable bonds is 4. The summed E-state index contributed by atoms with van der Waals surface area (Å²) < 4.78 is 37.1. The molecule has 1 aromatic heterocycles. The van der Waals surface area contributed by atoms with E-state index in [2.05, 4.69) is 14.6 Å². The maximum atomic E-state index is 12.6. The number of aromatic nitrogens is 1. The van der Waals surface area contributed by atoms with Crippen molar-refractivity contribution < 1.29 is 22.5 Å². The lowest BCUT2D eigenvalue weighted by Crippen LogP contribution is -2.17. The molecule has 1 N–H and O–H groups in total. The van der Waals surface area contributed by atoms with Crippen molar-refractivity contribution >= 4 is 21.7 Å². The highest BCUT2D eigenvalue weighted by molar-refractivity contribution is 7.92. The summed E-state index contributed by atoms with van der Waals surface area (Å²) in [5.74, 6) is -0.227. The van der Waals surface area contributed by atoms with E-state index in [-0.39, 0.29) is 10.5 Å². The lowest BCUT2D eigenvalue weighted by atomic mass is 10.1. The molecule has 0 atom stereocenters. The van der Waals surface area contributed by atoms with Crippen molar-refractivity contribution in [2.45, 2.75) is 25.7 Å². The predicted molar refractivity (Wildman–Crippen MR) is 79.3 cm³/mol. The molecule has 0 saturated heterocycles. The van der Waals surface area contributed by atoms with Gasteiger partial charge in [-0.15, -0.1) is 0 Å². The van der Waals surface area contributed by atoms with Gasteiger partial charge in [0.1, 0.15) is 11.4 Å². The Bertz CT molecular complexity index is 804. The van der Waals surface area contributed by atoms with Crippen LogP contribution in [0.2, 0.25) is 0 Å². The standard InChI is InChI=1S/C14H16N2O5S/c1-8-11(14(17)20-4)6-5-7-12(8)22(18,19)16-13-9(2)15-21-10(13)3/h5-7,16H,1-4H3. The van der Waals surface area contributed by atoms with E-state index in [1.807, 2.05) is 0 Å². The molecule has 0 bridgehead atoms. The average molecular weight is 324 g/mol. The number of carbonyl (C=O) groups is 1. The van der Waals surface area contributed by atoms with E-state index >= 15 is 0 Å². The van der Waals surface area contributed by atoms with Gasteiger partial charge in [0.2, 0.25) is 0 Å². The van der Waals surface area contributed by atoms with Crippen LogP contribution in [0.1, 0.15) is 27.4 Å². The van der Waals surface area contributed by atoms with E-state index < -0.39 is 16.0 Å². The lowest BCUT2D eigenvalue weighted by Gasteiger charge is -2.12. The molecule has 0 aliphatic carbocycles. The third-order valence-electron chi connectivity index (χ3n) is 3.25. The van der Waals surface area contributed by atoms with Crippen LogP contribution in [0.4, 0.5) is 5.69 Å². The van der Waals surface area contributed by atoms with Crippen molar-refractivity contribution in [1.29, 1.82) is 0 Å². The topological polar surface area (TPSA) is 98.5 Å². The second-order valence-corrected chi connectivity index (χ2v) is 6.38. The van der Waals surface area contributed by atoms with Gasteiger partial charge in [-0.3, -0.25) is 4.72 Å². The third kappa shape index (κ3) is 2.82. The van der Waals surface area contributed by atoms with Gasteiger partial charge in [0, 0.05) is 0 Å². The maximum absolute atomic E-state index is 12.6. The molecule has 0 radical (unpaired) electrons. The number of anilines is 1. The number of nitrogens with one attached hydrogen (secondary N) is 1. The second-order valence-electron chi connectivity index (χ2n) is 4.72. The molecule has 22 heavy (non-hydrogen) atoms. The van der Waals surface area contributed by atoms with Gasteiger partial charge in [0.15, 0.2) is 5.76 Å². The first-order valence-corrected chi connectivity index (χ1v) is 7.90. The van der Waals surface area contributed by atoms with E-state index in [0.717, 1.165) is 0 Å². The number of ether oxygens (including phenoxy) is 1. The summed E-state index contributed by atoms with van der Waals surface area (Å²) in [7, 11) is -2.64. The molecule has 0 aliphatic rings. The van der Waals surface area contributed by atoms with Gasteiger partial charge in [-0.05, 0) is 38.5 Å². The van der Waals surface area contributed by atoms with Crippen LogP contribution in [0.3, 0.4) is 0 Å². The van der Waals surface area contributed by atoms with E-state index in [9.17, 15) is 13.2 Å². The first kappa shape index (κ1) is 16.0. The zero-order chi connectivity index (χ0) is 16.5. The number of nitrogens with zero attached hydrogens (tertiary/aromatic N) is 1. The number of aryl methyl sites for hydroxylation is 2. The van der Waals surface area contributed by atoms with Crippen molar-refractivity contribution in [3.05, 3.63) is 40.8 Å². The maximum Gasteiger partial charge on any atom is 0.338 e. The first-order valence-electron chi connectivity index (χ1n) is 6.41. The Morgan fingerprint density at radius 2 is 1.95 bits per heavy atom. The van der Waals surface area contributed by atoms with E-state index in [1.165, 1.54) is 25.3 Å². The normalized spacial score (nSPS) is 11.3. The van der Waals surface area contributed by atoms with Crippen LogP contribution < -0.4 is 4.72 Å². The Morgan fingerprint density at radius 1 is 1.27 bits per heavy atom. The molecular formula is C14H16N2O5S. The lowest BCUT2D eigenvalue weighted by molar-refractivity contribution is 0.0599. The van der Waals surface area contributed by atoms with Crippen molar-refractivity contribution in [2.75, 3.05) is 11.8 Å². The summed E-state index contributed by atoms with van der Waals surface area (Å²) in [6.45, 7) is 4.79. The summed E-state index contributed by atoms with van der Waals surface area (Å²) >= 11 is 0. The van der Waals surface area contributed by atoms with Crippen molar-refractivity contribution in [3.8, 4) is 0 Å². The summed E-state index contributed by atoms with van der Waals surface area (Å²) in [5, 5.41) is 3.70. The van der Waals surface area contributed by atoms with Crippen LogP contribution in [0, 0.1) is 20.8 Å². The molecule has 0 aliphatic heterocycles. The molecule has 1 heterocycles. The molecule has 0 amide bonds. The fraction of sp³-hybridized carbons (Fsp3) is 0.286. The SMILES string of the molecule is COC(=O)c1cccc(S(=O)(=O)Nc2c(C)noc2C)c1C. The van der Waals surface area contributed by atoms with Crippen molar-refractivity contribution in [1.82, 2.24) is 5.16 Å². The van der Waals surface area contributed by atoms with E-state index in [4.69, 9.17) is 4.52 Å². The third-order valence-corrected chi connectivity index (χ3v) is 4.74. The number of sulfonamides is 1. The predicted octanol–water partition coefficient (Wildman–Crippen LogP) is 2.19. The van der Waals surface area contributed by atoms with Gasteiger partial charge >= 0.3 is 5.97 Å². The van der Waals surface area contributed by atoms with Crippen LogP contribution >= 0.6 is 0 Å².